The Balaban J connectivity index is 0.00000469. The zero-order valence-corrected chi connectivity index (χ0v) is 37.0. The van der Waals surface area contributed by atoms with Gasteiger partial charge in [0.2, 0.25) is 0 Å². The van der Waals surface area contributed by atoms with Crippen LogP contribution in [0.4, 0.5) is 0 Å². The molecule has 5 nitrogen and oxygen atoms in total. The normalized spacial score (nSPS) is 11.4. The molecule has 9 aromatic rings. The van der Waals surface area contributed by atoms with Gasteiger partial charge in [-0.25, -0.2) is 9.67 Å². The molecule has 0 atom stereocenters. The first-order valence-corrected chi connectivity index (χ1v) is 20.2. The second-order valence-corrected chi connectivity index (χ2v) is 16.2. The predicted octanol–water partition coefficient (Wildman–Crippen LogP) is 13.0. The topological polar surface area (TPSA) is 48.5 Å². The molecule has 0 aliphatic rings. The first-order valence-electron chi connectivity index (χ1n) is 19.4. The molecule has 288 valence electrons. The molecule has 6 aromatic carbocycles. The van der Waals surface area contributed by atoms with Crippen molar-refractivity contribution in [1.29, 1.82) is 0 Å². The molecule has 0 unspecified atom stereocenters. The summed E-state index contributed by atoms with van der Waals surface area (Å²) in [6.07, 6.45) is 3.73. The molecular weight excluding hydrogens is 910 g/mol. The zero-order chi connectivity index (χ0) is 39.5. The number of nitrogens with zero attached hydrogens (tertiary/aromatic N) is 5. The molecule has 0 spiro atoms. The molecule has 0 saturated carbocycles. The third-order valence-electron chi connectivity index (χ3n) is 11.7. The summed E-state index contributed by atoms with van der Waals surface area (Å²) in [5, 5.41) is 7.26. The molecule has 0 aliphatic heterocycles. The molecule has 0 aliphatic carbocycles. The van der Waals surface area contributed by atoms with E-state index in [0.29, 0.717) is 5.82 Å². The molecule has 0 N–H and O–H groups in total. The fraction of sp³-hybridized carbons (Fsp3) is 0.157. The van der Waals surface area contributed by atoms with Gasteiger partial charge in [-0.3, -0.25) is 4.98 Å². The van der Waals surface area contributed by atoms with Gasteiger partial charge in [-0.2, -0.15) is 17.2 Å². The van der Waals surface area contributed by atoms with Crippen LogP contribution in [0.15, 0.2) is 125 Å². The van der Waals surface area contributed by atoms with Crippen LogP contribution in [-0.2, 0) is 21.1 Å². The van der Waals surface area contributed by atoms with E-state index in [2.05, 4.69) is 163 Å². The molecular formula is C51H43N5PtS. The number of fused-ring (bicyclic) bond motifs is 3. The van der Waals surface area contributed by atoms with Crippen LogP contribution in [0.3, 0.4) is 0 Å². The predicted molar refractivity (Wildman–Crippen MR) is 236 cm³/mol. The summed E-state index contributed by atoms with van der Waals surface area (Å²) in [5.74, 6) is 1.50. The first kappa shape index (κ1) is 39.3. The smallest absolute Gasteiger partial charge is 0.319 e. The van der Waals surface area contributed by atoms with Gasteiger partial charge in [-0.1, -0.05) is 70.6 Å². The molecule has 0 radical (unpaired) electrons. The SMILES string of the molecule is Cc1ccccc1-n1cnc(-c2[c-]c(Sc3[c-]c4c(cc3)c3ccccc3n4-c3cc(-c4c(C)c(C)c(C)c(C)c4C)ccn3)cc(-c3c(C)cccc3C)c2)n1.[Pt+2]. The number of para-hydroxylation sites is 2. The van der Waals surface area contributed by atoms with E-state index in [1.54, 1.807) is 18.1 Å². The minimum atomic E-state index is 0. The van der Waals surface area contributed by atoms with Gasteiger partial charge in [0.1, 0.15) is 12.1 Å². The maximum atomic E-state index is 4.99. The number of rotatable bonds is 7. The van der Waals surface area contributed by atoms with Crippen LogP contribution < -0.4 is 0 Å². The number of hydrogen-bond donors (Lipinski definition) is 0. The van der Waals surface area contributed by atoms with Crippen molar-refractivity contribution in [3.05, 3.63) is 172 Å². The van der Waals surface area contributed by atoms with Gasteiger partial charge in [-0.05, 0) is 146 Å². The third-order valence-corrected chi connectivity index (χ3v) is 12.6. The van der Waals surface area contributed by atoms with E-state index in [9.17, 15) is 0 Å². The van der Waals surface area contributed by atoms with Crippen LogP contribution in [0.2, 0.25) is 0 Å². The average molecular weight is 953 g/mol. The van der Waals surface area contributed by atoms with Gasteiger partial charge in [0.05, 0.1) is 11.5 Å². The van der Waals surface area contributed by atoms with E-state index in [1.165, 1.54) is 61.0 Å². The number of aryl methyl sites for hydroxylation is 3. The number of benzene rings is 6. The van der Waals surface area contributed by atoms with Crippen LogP contribution >= 0.6 is 11.8 Å². The molecule has 3 heterocycles. The Morgan fingerprint density at radius 1 is 0.552 bits per heavy atom. The van der Waals surface area contributed by atoms with Crippen molar-refractivity contribution in [2.45, 2.75) is 65.2 Å². The van der Waals surface area contributed by atoms with Crippen molar-refractivity contribution in [2.24, 2.45) is 0 Å². The standard InChI is InChI=1S/C51H43N5S.Pt/c1-30-14-9-11-18-45(30)55-29-53-51(54-55)40-24-39(49-31(2)15-13-16-32(49)3)25-42(26-40)57-41-20-21-44-43-17-10-12-19-46(43)56(47(44)28-41)48-27-38(22-23-52-48)50-36(7)34(5)33(4)35(6)37(50)8;/h9-25,27,29H,1-8H3;/q-2;+2. The van der Waals surface area contributed by atoms with E-state index in [1.807, 2.05) is 23.0 Å². The summed E-state index contributed by atoms with van der Waals surface area (Å²) in [7, 11) is 0. The largest absolute Gasteiger partial charge is 2.00 e. The van der Waals surface area contributed by atoms with Crippen molar-refractivity contribution in [3.63, 3.8) is 0 Å². The van der Waals surface area contributed by atoms with Crippen LogP contribution in [-0.4, -0.2) is 24.3 Å². The molecule has 0 bridgehead atoms. The van der Waals surface area contributed by atoms with E-state index in [4.69, 9.17) is 15.1 Å². The third kappa shape index (κ3) is 6.82. The fourth-order valence-electron chi connectivity index (χ4n) is 8.38. The van der Waals surface area contributed by atoms with E-state index >= 15 is 0 Å². The zero-order valence-electron chi connectivity index (χ0n) is 33.9. The van der Waals surface area contributed by atoms with Crippen LogP contribution in [0.25, 0.3) is 67.0 Å². The Morgan fingerprint density at radius 3 is 2.00 bits per heavy atom. The fourth-order valence-corrected chi connectivity index (χ4v) is 9.24. The Labute approximate surface area is 359 Å². The molecule has 0 saturated heterocycles. The first-order chi connectivity index (χ1) is 27.6. The summed E-state index contributed by atoms with van der Waals surface area (Å²) in [6, 6.07) is 44.0. The monoisotopic (exact) mass is 952 g/mol. The van der Waals surface area contributed by atoms with Crippen LogP contribution in [0.5, 0.6) is 0 Å². The van der Waals surface area contributed by atoms with Crippen molar-refractivity contribution < 1.29 is 21.1 Å². The molecule has 3 aromatic heterocycles. The van der Waals surface area contributed by atoms with E-state index in [-0.39, 0.29) is 21.1 Å². The minimum Gasteiger partial charge on any atom is -0.319 e. The Kier molecular flexibility index (Phi) is 10.6. The summed E-state index contributed by atoms with van der Waals surface area (Å²) in [5.41, 5.74) is 19.0. The van der Waals surface area contributed by atoms with Crippen molar-refractivity contribution in [3.8, 4) is 45.1 Å². The van der Waals surface area contributed by atoms with E-state index in [0.717, 1.165) is 54.4 Å². The molecule has 9 rings (SSSR count). The van der Waals surface area contributed by atoms with Crippen molar-refractivity contribution >= 4 is 33.6 Å². The maximum absolute atomic E-state index is 4.99. The van der Waals surface area contributed by atoms with Gasteiger partial charge in [0.15, 0.2) is 0 Å². The Bertz CT molecular complexity index is 3000. The van der Waals surface area contributed by atoms with Gasteiger partial charge in [0, 0.05) is 11.7 Å². The maximum Gasteiger partial charge on any atom is 2.00 e. The summed E-state index contributed by atoms with van der Waals surface area (Å²) >= 11 is 1.65. The quantitative estimate of drug-likeness (QED) is 0.149. The molecule has 58 heavy (non-hydrogen) atoms. The van der Waals surface area contributed by atoms with Gasteiger partial charge in [-0.15, -0.1) is 51.9 Å². The Hall–Kier alpha value is -5.55. The van der Waals surface area contributed by atoms with Crippen LogP contribution in [0.1, 0.15) is 44.5 Å². The summed E-state index contributed by atoms with van der Waals surface area (Å²) in [4.78, 5) is 11.7. The van der Waals surface area contributed by atoms with Crippen molar-refractivity contribution in [1.82, 2.24) is 24.3 Å². The average Bonchev–Trinajstić information content (AvgIpc) is 3.83. The van der Waals surface area contributed by atoms with Crippen LogP contribution in [0, 0.1) is 67.5 Å². The second-order valence-electron chi connectivity index (χ2n) is 15.2. The number of aromatic nitrogens is 5. The second kappa shape index (κ2) is 15.7. The summed E-state index contributed by atoms with van der Waals surface area (Å²) in [6.45, 7) is 17.6. The Morgan fingerprint density at radius 2 is 1.24 bits per heavy atom. The van der Waals surface area contributed by atoms with Gasteiger partial charge >= 0.3 is 21.1 Å². The van der Waals surface area contributed by atoms with Gasteiger partial charge in [0.25, 0.3) is 0 Å². The number of pyridine rings is 1. The van der Waals surface area contributed by atoms with Crippen molar-refractivity contribution in [2.75, 3.05) is 0 Å². The van der Waals surface area contributed by atoms with E-state index < -0.39 is 0 Å². The molecule has 0 fully saturated rings. The summed E-state index contributed by atoms with van der Waals surface area (Å²) < 4.78 is 4.12. The minimum absolute atomic E-state index is 0. The molecule has 7 heteroatoms. The van der Waals surface area contributed by atoms with Gasteiger partial charge < -0.3 is 4.57 Å². The molecule has 0 amide bonds. The number of hydrogen-bond acceptors (Lipinski definition) is 4.